The Kier molecular flexibility index (Phi) is 6.46. The number of halogens is 2. The van der Waals surface area contributed by atoms with E-state index in [1.807, 2.05) is 31.2 Å². The number of hydrogen-bond acceptors (Lipinski definition) is 3. The van der Waals surface area contributed by atoms with E-state index in [2.05, 4.69) is 10.9 Å². The Hall–Kier alpha value is -2.24. The van der Waals surface area contributed by atoms with Crippen LogP contribution < -0.4 is 15.6 Å². The molecule has 0 radical (unpaired) electrons. The molecule has 0 unspecified atom stereocenters. The third-order valence-electron chi connectivity index (χ3n) is 3.11. The average Bonchev–Trinajstić information content (AvgIpc) is 2.56. The molecule has 0 bridgehead atoms. The molecule has 24 heavy (non-hydrogen) atoms. The number of carbonyl (C=O) groups is 2. The Labute approximate surface area is 149 Å². The highest BCUT2D eigenvalue weighted by Crippen LogP contribution is 2.20. The van der Waals surface area contributed by atoms with Gasteiger partial charge in [0.15, 0.2) is 0 Å². The van der Waals surface area contributed by atoms with Crippen LogP contribution in [0.1, 0.15) is 22.3 Å². The minimum Gasteiger partial charge on any atom is -0.493 e. The molecular formula is C17H16Cl2N2O3. The van der Waals surface area contributed by atoms with Crippen molar-refractivity contribution in [2.45, 2.75) is 13.3 Å². The molecule has 2 N–H and O–H groups in total. The van der Waals surface area contributed by atoms with Gasteiger partial charge in [-0.05, 0) is 37.3 Å². The predicted molar refractivity (Wildman–Crippen MR) is 93.4 cm³/mol. The van der Waals surface area contributed by atoms with Crippen molar-refractivity contribution >= 4 is 35.0 Å². The summed E-state index contributed by atoms with van der Waals surface area (Å²) in [4.78, 5) is 23.7. The van der Waals surface area contributed by atoms with Crippen LogP contribution in [0.25, 0.3) is 0 Å². The second-order valence-electron chi connectivity index (χ2n) is 5.04. The fraction of sp³-hybridized carbons (Fsp3) is 0.176. The van der Waals surface area contributed by atoms with Gasteiger partial charge in [-0.25, -0.2) is 0 Å². The minimum absolute atomic E-state index is 0.0947. The van der Waals surface area contributed by atoms with Gasteiger partial charge in [0.2, 0.25) is 5.91 Å². The van der Waals surface area contributed by atoms with Crippen LogP contribution in [0, 0.1) is 6.92 Å². The smallest absolute Gasteiger partial charge is 0.271 e. The van der Waals surface area contributed by atoms with Crippen LogP contribution in [0.5, 0.6) is 5.75 Å². The summed E-state index contributed by atoms with van der Waals surface area (Å²) in [6.45, 7) is 2.18. The zero-order valence-corrected chi connectivity index (χ0v) is 14.4. The van der Waals surface area contributed by atoms with E-state index in [1.165, 1.54) is 12.1 Å². The summed E-state index contributed by atoms with van der Waals surface area (Å²) in [7, 11) is 0. The largest absolute Gasteiger partial charge is 0.493 e. The van der Waals surface area contributed by atoms with Gasteiger partial charge in [0, 0.05) is 5.02 Å². The molecule has 0 spiro atoms. The van der Waals surface area contributed by atoms with Gasteiger partial charge >= 0.3 is 0 Å². The number of hydrogen-bond donors (Lipinski definition) is 2. The number of carbonyl (C=O) groups excluding carboxylic acids is 2. The first-order chi connectivity index (χ1) is 11.5. The number of ether oxygens (including phenoxy) is 1. The maximum Gasteiger partial charge on any atom is 0.271 e. The maximum absolute atomic E-state index is 11.9. The summed E-state index contributed by atoms with van der Waals surface area (Å²) in [6.07, 6.45) is 0.0947. The number of aryl methyl sites for hydroxylation is 1. The number of nitrogens with one attached hydrogen (secondary N) is 2. The van der Waals surface area contributed by atoms with Crippen molar-refractivity contribution in [1.82, 2.24) is 10.9 Å². The monoisotopic (exact) mass is 366 g/mol. The zero-order valence-electron chi connectivity index (χ0n) is 12.9. The number of benzene rings is 2. The molecule has 0 saturated carbocycles. The Morgan fingerprint density at radius 1 is 1.04 bits per heavy atom. The molecule has 2 aromatic rings. The third kappa shape index (κ3) is 5.44. The van der Waals surface area contributed by atoms with Gasteiger partial charge in [0.1, 0.15) is 5.75 Å². The molecule has 0 heterocycles. The Bertz CT molecular complexity index is 733. The van der Waals surface area contributed by atoms with Gasteiger partial charge in [-0.15, -0.1) is 0 Å². The third-order valence-corrected chi connectivity index (χ3v) is 3.67. The van der Waals surface area contributed by atoms with Gasteiger partial charge in [-0.1, -0.05) is 40.9 Å². The summed E-state index contributed by atoms with van der Waals surface area (Å²) in [5.74, 6) is -0.243. The van der Waals surface area contributed by atoms with Crippen molar-refractivity contribution in [3.63, 3.8) is 0 Å². The molecule has 2 amide bonds. The van der Waals surface area contributed by atoms with Gasteiger partial charge < -0.3 is 4.74 Å². The number of hydrazine groups is 1. The molecule has 0 aliphatic heterocycles. The molecule has 0 aliphatic rings. The average molecular weight is 367 g/mol. The highest BCUT2D eigenvalue weighted by Gasteiger charge is 2.12. The lowest BCUT2D eigenvalue weighted by atomic mass is 10.2. The molecule has 0 saturated heterocycles. The first-order valence-electron chi connectivity index (χ1n) is 7.19. The van der Waals surface area contributed by atoms with Crippen molar-refractivity contribution in [2.75, 3.05) is 6.61 Å². The van der Waals surface area contributed by atoms with Crippen LogP contribution in [0.15, 0.2) is 42.5 Å². The van der Waals surface area contributed by atoms with Crippen LogP contribution in [-0.2, 0) is 4.79 Å². The quantitative estimate of drug-likeness (QED) is 0.795. The van der Waals surface area contributed by atoms with E-state index in [0.29, 0.717) is 10.8 Å². The standard InChI is InChI=1S/C17H16Cl2N2O3/c1-11-2-5-13(6-3-11)24-9-8-16(22)20-21-17(23)14-10-12(18)4-7-15(14)19/h2-7,10H,8-9H2,1H3,(H,20,22)(H,21,23). The van der Waals surface area contributed by atoms with Crippen LogP contribution in [-0.4, -0.2) is 18.4 Å². The number of amides is 2. The second-order valence-corrected chi connectivity index (χ2v) is 5.88. The normalized spacial score (nSPS) is 10.1. The van der Waals surface area contributed by atoms with Crippen LogP contribution in [0.2, 0.25) is 10.0 Å². The SMILES string of the molecule is Cc1ccc(OCCC(=O)NNC(=O)c2cc(Cl)ccc2Cl)cc1. The van der Waals surface area contributed by atoms with Crippen molar-refractivity contribution in [1.29, 1.82) is 0 Å². The molecular weight excluding hydrogens is 351 g/mol. The van der Waals surface area contributed by atoms with Crippen molar-refractivity contribution < 1.29 is 14.3 Å². The van der Waals surface area contributed by atoms with Gasteiger partial charge in [-0.2, -0.15) is 0 Å². The Balaban J connectivity index is 1.75. The van der Waals surface area contributed by atoms with Gasteiger partial charge in [0.25, 0.3) is 5.91 Å². The second kappa shape index (κ2) is 8.57. The fourth-order valence-corrected chi connectivity index (χ4v) is 2.20. The maximum atomic E-state index is 11.9. The topological polar surface area (TPSA) is 67.4 Å². The van der Waals surface area contributed by atoms with E-state index in [-0.39, 0.29) is 29.5 Å². The lowest BCUT2D eigenvalue weighted by Crippen LogP contribution is -2.42. The van der Waals surface area contributed by atoms with E-state index < -0.39 is 5.91 Å². The van der Waals surface area contributed by atoms with Crippen LogP contribution in [0.4, 0.5) is 0 Å². The first kappa shape index (κ1) is 18.1. The molecule has 0 fully saturated rings. The van der Waals surface area contributed by atoms with E-state index in [4.69, 9.17) is 27.9 Å². The van der Waals surface area contributed by atoms with E-state index in [1.54, 1.807) is 6.07 Å². The van der Waals surface area contributed by atoms with Gasteiger partial charge in [-0.3, -0.25) is 20.4 Å². The molecule has 2 rings (SSSR count). The van der Waals surface area contributed by atoms with Crippen molar-refractivity contribution in [3.8, 4) is 5.75 Å². The van der Waals surface area contributed by atoms with E-state index >= 15 is 0 Å². The first-order valence-corrected chi connectivity index (χ1v) is 7.95. The zero-order chi connectivity index (χ0) is 17.5. The fourth-order valence-electron chi connectivity index (χ4n) is 1.82. The molecule has 2 aromatic carbocycles. The summed E-state index contributed by atoms with van der Waals surface area (Å²) < 4.78 is 5.45. The van der Waals surface area contributed by atoms with Crippen LogP contribution >= 0.6 is 23.2 Å². The lowest BCUT2D eigenvalue weighted by Gasteiger charge is -2.09. The van der Waals surface area contributed by atoms with E-state index in [9.17, 15) is 9.59 Å². The molecule has 7 heteroatoms. The predicted octanol–water partition coefficient (Wildman–Crippen LogP) is 3.53. The van der Waals surface area contributed by atoms with Crippen molar-refractivity contribution in [3.05, 3.63) is 63.6 Å². The number of rotatable bonds is 5. The summed E-state index contributed by atoms with van der Waals surface area (Å²) in [5, 5.41) is 0.622. The minimum atomic E-state index is -0.546. The highest BCUT2D eigenvalue weighted by molar-refractivity contribution is 6.35. The summed E-state index contributed by atoms with van der Waals surface area (Å²) in [5.41, 5.74) is 5.90. The lowest BCUT2D eigenvalue weighted by molar-refractivity contribution is -0.122. The summed E-state index contributed by atoms with van der Waals surface area (Å²) in [6, 6.07) is 12.0. The summed E-state index contributed by atoms with van der Waals surface area (Å²) >= 11 is 11.7. The van der Waals surface area contributed by atoms with Gasteiger partial charge in [0.05, 0.1) is 23.6 Å². The Morgan fingerprint density at radius 2 is 1.75 bits per heavy atom. The molecule has 0 aromatic heterocycles. The van der Waals surface area contributed by atoms with Crippen molar-refractivity contribution in [2.24, 2.45) is 0 Å². The molecule has 0 atom stereocenters. The van der Waals surface area contributed by atoms with E-state index in [0.717, 1.165) is 5.56 Å². The highest BCUT2D eigenvalue weighted by atomic mass is 35.5. The molecule has 5 nitrogen and oxygen atoms in total. The molecule has 126 valence electrons. The Morgan fingerprint density at radius 3 is 2.46 bits per heavy atom. The van der Waals surface area contributed by atoms with Crippen LogP contribution in [0.3, 0.4) is 0 Å². The molecule has 0 aliphatic carbocycles.